The molecule has 8 nitrogen and oxygen atoms in total. The van der Waals surface area contributed by atoms with Crippen LogP contribution in [0, 0.1) is 0 Å². The van der Waals surface area contributed by atoms with Crippen LogP contribution in [0.25, 0.3) is 0 Å². The van der Waals surface area contributed by atoms with Gasteiger partial charge in [-0.1, -0.05) is 0 Å². The molecule has 0 bridgehead atoms. The summed E-state index contributed by atoms with van der Waals surface area (Å²) < 4.78 is 59.5. The van der Waals surface area contributed by atoms with Crippen LogP contribution in [-0.4, -0.2) is 49.2 Å². The normalized spacial score (nSPS) is 14.2. The number of nitrogens with zero attached hydrogens (tertiary/aromatic N) is 1. The molecule has 1 aliphatic heterocycles. The van der Waals surface area contributed by atoms with Crippen molar-refractivity contribution < 1.29 is 26.3 Å². The highest BCUT2D eigenvalue weighted by Gasteiger charge is 2.21. The quantitative estimate of drug-likeness (QED) is 0.767. The van der Waals surface area contributed by atoms with Crippen LogP contribution in [-0.2, 0) is 20.0 Å². The number of sulfonamides is 2. The lowest BCUT2D eigenvalue weighted by atomic mass is 10.3. The second-order valence-electron chi connectivity index (χ2n) is 4.54. The largest absolute Gasteiger partial charge is 0.454 e. The van der Waals surface area contributed by atoms with Gasteiger partial charge in [0.2, 0.25) is 26.8 Å². The number of ether oxygens (including phenoxy) is 2. The SMILES string of the molecule is CS(=O)(=O)NCCN(c1ccc2c(c1)OCO2)S(C)(=O)=O. The first kappa shape index (κ1) is 15.9. The Morgan fingerprint density at radius 2 is 1.81 bits per heavy atom. The number of fused-ring (bicyclic) bond motifs is 1. The molecule has 1 heterocycles. The fourth-order valence-electron chi connectivity index (χ4n) is 1.86. The van der Waals surface area contributed by atoms with Crippen molar-refractivity contribution in [3.05, 3.63) is 18.2 Å². The van der Waals surface area contributed by atoms with Gasteiger partial charge in [0.1, 0.15) is 0 Å². The van der Waals surface area contributed by atoms with E-state index >= 15 is 0 Å². The van der Waals surface area contributed by atoms with Crippen molar-refractivity contribution in [2.24, 2.45) is 0 Å². The third-order valence-electron chi connectivity index (χ3n) is 2.72. The third-order valence-corrected chi connectivity index (χ3v) is 4.65. The molecule has 0 spiro atoms. The molecule has 2 rings (SSSR count). The Morgan fingerprint density at radius 3 is 2.43 bits per heavy atom. The Kier molecular flexibility index (Phi) is 4.30. The lowest BCUT2D eigenvalue weighted by Crippen LogP contribution is -2.37. The minimum Gasteiger partial charge on any atom is -0.454 e. The summed E-state index contributed by atoms with van der Waals surface area (Å²) in [4.78, 5) is 0. The monoisotopic (exact) mass is 336 g/mol. The molecule has 0 atom stereocenters. The Morgan fingerprint density at radius 1 is 1.14 bits per heavy atom. The van der Waals surface area contributed by atoms with E-state index in [9.17, 15) is 16.8 Å². The highest BCUT2D eigenvalue weighted by atomic mass is 32.2. The molecule has 0 amide bonds. The molecule has 0 aromatic heterocycles. The van der Waals surface area contributed by atoms with Gasteiger partial charge in [0.05, 0.1) is 18.2 Å². The molecule has 1 aromatic rings. The predicted octanol–water partition coefficient (Wildman–Crippen LogP) is -0.270. The van der Waals surface area contributed by atoms with Gasteiger partial charge in [-0.2, -0.15) is 0 Å². The van der Waals surface area contributed by atoms with E-state index < -0.39 is 20.0 Å². The van der Waals surface area contributed by atoms with Gasteiger partial charge in [0, 0.05) is 19.2 Å². The number of benzene rings is 1. The minimum absolute atomic E-state index is 0.0223. The molecule has 118 valence electrons. The number of rotatable bonds is 6. The molecule has 0 aliphatic carbocycles. The molecule has 10 heteroatoms. The number of anilines is 1. The maximum atomic E-state index is 11.9. The zero-order chi connectivity index (χ0) is 15.7. The van der Waals surface area contributed by atoms with E-state index in [0.29, 0.717) is 17.2 Å². The van der Waals surface area contributed by atoms with Crippen molar-refractivity contribution in [3.63, 3.8) is 0 Å². The number of hydrogen-bond acceptors (Lipinski definition) is 6. The molecule has 1 aromatic carbocycles. The van der Waals surface area contributed by atoms with Crippen LogP contribution in [0.15, 0.2) is 18.2 Å². The first-order chi connectivity index (χ1) is 9.67. The van der Waals surface area contributed by atoms with Crippen LogP contribution in [0.5, 0.6) is 11.5 Å². The summed E-state index contributed by atoms with van der Waals surface area (Å²) in [6.07, 6.45) is 2.07. The average Bonchev–Trinajstić information content (AvgIpc) is 2.78. The van der Waals surface area contributed by atoms with Crippen molar-refractivity contribution in [2.75, 3.05) is 36.7 Å². The lowest BCUT2D eigenvalue weighted by molar-refractivity contribution is 0.174. The topological polar surface area (TPSA) is 102 Å². The molecule has 1 N–H and O–H groups in total. The van der Waals surface area contributed by atoms with Crippen LogP contribution in [0.1, 0.15) is 0 Å². The Hall–Kier alpha value is -1.52. The highest BCUT2D eigenvalue weighted by molar-refractivity contribution is 7.92. The van der Waals surface area contributed by atoms with Gasteiger partial charge >= 0.3 is 0 Å². The van der Waals surface area contributed by atoms with Crippen molar-refractivity contribution >= 4 is 25.7 Å². The predicted molar refractivity (Wildman–Crippen MR) is 77.6 cm³/mol. The molecule has 0 fully saturated rings. The van der Waals surface area contributed by atoms with Gasteiger partial charge in [-0.25, -0.2) is 21.6 Å². The van der Waals surface area contributed by atoms with Gasteiger partial charge in [0.15, 0.2) is 11.5 Å². The average molecular weight is 336 g/mol. The van der Waals surface area contributed by atoms with E-state index in [2.05, 4.69) is 4.72 Å². The Labute approximate surface area is 123 Å². The van der Waals surface area contributed by atoms with Gasteiger partial charge in [-0.15, -0.1) is 0 Å². The molecule has 0 radical (unpaired) electrons. The summed E-state index contributed by atoms with van der Waals surface area (Å²) in [5.41, 5.74) is 0.386. The fraction of sp³-hybridized carbons (Fsp3) is 0.455. The molecule has 0 unspecified atom stereocenters. The summed E-state index contributed by atoms with van der Waals surface area (Å²) in [5, 5.41) is 0. The maximum Gasteiger partial charge on any atom is 0.232 e. The Bertz CT molecular complexity index is 729. The summed E-state index contributed by atoms with van der Waals surface area (Å²) in [6.45, 7) is 0.0409. The highest BCUT2D eigenvalue weighted by Crippen LogP contribution is 2.35. The molecular weight excluding hydrogens is 320 g/mol. The number of hydrogen-bond donors (Lipinski definition) is 1. The second kappa shape index (κ2) is 5.70. The van der Waals surface area contributed by atoms with Gasteiger partial charge in [0.25, 0.3) is 0 Å². The molecule has 0 saturated carbocycles. The zero-order valence-electron chi connectivity index (χ0n) is 11.6. The van der Waals surface area contributed by atoms with Crippen LogP contribution >= 0.6 is 0 Å². The van der Waals surface area contributed by atoms with Gasteiger partial charge in [-0.05, 0) is 12.1 Å². The summed E-state index contributed by atoms with van der Waals surface area (Å²) in [5.74, 6) is 0.999. The molecule has 21 heavy (non-hydrogen) atoms. The van der Waals surface area contributed by atoms with Crippen molar-refractivity contribution in [3.8, 4) is 11.5 Å². The van der Waals surface area contributed by atoms with Gasteiger partial charge < -0.3 is 9.47 Å². The van der Waals surface area contributed by atoms with E-state index in [1.807, 2.05) is 0 Å². The first-order valence-corrected chi connectivity index (χ1v) is 9.73. The smallest absolute Gasteiger partial charge is 0.232 e. The fourth-order valence-corrected chi connectivity index (χ4v) is 3.24. The van der Waals surface area contributed by atoms with Crippen LogP contribution in [0.3, 0.4) is 0 Å². The molecular formula is C11H16N2O6S2. The third kappa shape index (κ3) is 4.22. The van der Waals surface area contributed by atoms with E-state index in [1.165, 1.54) is 0 Å². The second-order valence-corrected chi connectivity index (χ2v) is 8.28. The van der Waals surface area contributed by atoms with Crippen LogP contribution in [0.4, 0.5) is 5.69 Å². The Balaban J connectivity index is 2.21. The molecule has 1 aliphatic rings. The van der Waals surface area contributed by atoms with E-state index in [1.54, 1.807) is 18.2 Å². The van der Waals surface area contributed by atoms with Crippen molar-refractivity contribution in [1.82, 2.24) is 4.72 Å². The standard InChI is InChI=1S/C11H16N2O6S2/c1-20(14,15)12-5-6-13(21(2,16)17)9-3-4-10-11(7-9)19-8-18-10/h3-4,7,12H,5-6,8H2,1-2H3. The lowest BCUT2D eigenvalue weighted by Gasteiger charge is -2.22. The van der Waals surface area contributed by atoms with Crippen LogP contribution in [0.2, 0.25) is 0 Å². The van der Waals surface area contributed by atoms with Gasteiger partial charge in [-0.3, -0.25) is 4.31 Å². The summed E-state index contributed by atoms with van der Waals surface area (Å²) in [7, 11) is -6.92. The van der Waals surface area contributed by atoms with E-state index in [4.69, 9.17) is 9.47 Å². The zero-order valence-corrected chi connectivity index (χ0v) is 13.2. The van der Waals surface area contributed by atoms with Crippen molar-refractivity contribution in [2.45, 2.75) is 0 Å². The van der Waals surface area contributed by atoms with E-state index in [0.717, 1.165) is 16.8 Å². The van der Waals surface area contributed by atoms with E-state index in [-0.39, 0.29) is 19.9 Å². The first-order valence-electron chi connectivity index (χ1n) is 5.99. The number of nitrogens with one attached hydrogen (secondary N) is 1. The summed E-state index contributed by atoms with van der Waals surface area (Å²) >= 11 is 0. The maximum absolute atomic E-state index is 11.9. The summed E-state index contributed by atoms with van der Waals surface area (Å²) in [6, 6.07) is 4.73. The van der Waals surface area contributed by atoms with Crippen molar-refractivity contribution in [1.29, 1.82) is 0 Å². The van der Waals surface area contributed by atoms with Crippen LogP contribution < -0.4 is 18.5 Å². The minimum atomic E-state index is -3.55. The molecule has 0 saturated heterocycles.